The van der Waals surface area contributed by atoms with E-state index in [2.05, 4.69) is 4.98 Å². The summed E-state index contributed by atoms with van der Waals surface area (Å²) in [5.41, 5.74) is 0.957. The molecule has 0 saturated heterocycles. The van der Waals surface area contributed by atoms with Crippen LogP contribution in [0.15, 0.2) is 36.5 Å². The second-order valence-electron chi connectivity index (χ2n) is 4.68. The highest BCUT2D eigenvalue weighted by atomic mass is 35.5. The zero-order valence-electron chi connectivity index (χ0n) is 11.8. The van der Waals surface area contributed by atoms with Gasteiger partial charge in [-0.1, -0.05) is 23.7 Å². The highest BCUT2D eigenvalue weighted by molar-refractivity contribution is 6.30. The number of hydrogen-bond donors (Lipinski definition) is 1. The summed E-state index contributed by atoms with van der Waals surface area (Å²) < 4.78 is 17.7. The Morgan fingerprint density at radius 2 is 2.00 bits per heavy atom. The molecule has 0 spiro atoms. The lowest BCUT2D eigenvalue weighted by molar-refractivity contribution is -0.133. The molecule has 0 aliphatic rings. The highest BCUT2D eigenvalue weighted by Crippen LogP contribution is 2.10. The number of rotatable bonds is 5. The number of carbonyl (C=O) groups excluding carboxylic acids is 2. The molecule has 0 atom stereocenters. The predicted molar refractivity (Wildman–Crippen MR) is 79.0 cm³/mol. The molecule has 1 heterocycles. The van der Waals surface area contributed by atoms with E-state index in [0.29, 0.717) is 11.6 Å². The molecule has 0 aliphatic heterocycles. The standard InChI is InChI=1S/C15H14ClFN2O3/c1-19(8-10-2-4-12(17)5-3-10)14(20)9-22-15(21)13-6-11(16)7-18-13/h2-7,18H,8-9H2,1H3. The van der Waals surface area contributed by atoms with Gasteiger partial charge in [0, 0.05) is 19.8 Å². The van der Waals surface area contributed by atoms with Gasteiger partial charge in [-0.2, -0.15) is 0 Å². The van der Waals surface area contributed by atoms with Crippen molar-refractivity contribution in [3.63, 3.8) is 0 Å². The Morgan fingerprint density at radius 3 is 2.59 bits per heavy atom. The number of halogens is 2. The number of esters is 1. The largest absolute Gasteiger partial charge is 0.451 e. The van der Waals surface area contributed by atoms with Crippen LogP contribution in [0.5, 0.6) is 0 Å². The number of H-pyrrole nitrogens is 1. The van der Waals surface area contributed by atoms with Crippen LogP contribution in [0.4, 0.5) is 4.39 Å². The van der Waals surface area contributed by atoms with Crippen molar-refractivity contribution in [3.05, 3.63) is 58.6 Å². The number of nitrogens with zero attached hydrogens (tertiary/aromatic N) is 1. The average Bonchev–Trinajstić information content (AvgIpc) is 2.93. The van der Waals surface area contributed by atoms with Crippen molar-refractivity contribution in [1.29, 1.82) is 0 Å². The van der Waals surface area contributed by atoms with E-state index < -0.39 is 5.97 Å². The Morgan fingerprint density at radius 1 is 1.32 bits per heavy atom. The quantitative estimate of drug-likeness (QED) is 0.860. The van der Waals surface area contributed by atoms with Gasteiger partial charge in [-0.3, -0.25) is 4.79 Å². The molecule has 1 N–H and O–H groups in total. The summed E-state index contributed by atoms with van der Waals surface area (Å²) in [5, 5.41) is 0.381. The Bertz CT molecular complexity index is 670. The lowest BCUT2D eigenvalue weighted by atomic mass is 10.2. The Balaban J connectivity index is 1.83. The van der Waals surface area contributed by atoms with E-state index >= 15 is 0 Å². The number of benzene rings is 1. The number of carbonyl (C=O) groups is 2. The summed E-state index contributed by atoms with van der Waals surface area (Å²) in [6, 6.07) is 7.24. The summed E-state index contributed by atoms with van der Waals surface area (Å²) in [6.45, 7) is -0.0852. The molecule has 22 heavy (non-hydrogen) atoms. The van der Waals surface area contributed by atoms with Crippen LogP contribution < -0.4 is 0 Å². The fraction of sp³-hybridized carbons (Fsp3) is 0.200. The van der Waals surface area contributed by atoms with Gasteiger partial charge in [-0.25, -0.2) is 9.18 Å². The minimum atomic E-state index is -0.657. The van der Waals surface area contributed by atoms with Crippen LogP contribution in [0, 0.1) is 5.82 Å². The van der Waals surface area contributed by atoms with Gasteiger partial charge in [0.2, 0.25) is 0 Å². The number of ether oxygens (including phenoxy) is 1. The van der Waals surface area contributed by atoms with E-state index in [4.69, 9.17) is 16.3 Å². The van der Waals surface area contributed by atoms with E-state index in [-0.39, 0.29) is 24.0 Å². The molecule has 0 radical (unpaired) electrons. The molecule has 5 nitrogen and oxygen atoms in total. The first-order valence-corrected chi connectivity index (χ1v) is 6.83. The summed E-state index contributed by atoms with van der Waals surface area (Å²) in [4.78, 5) is 27.6. The molecule has 0 fully saturated rings. The molecule has 1 aromatic carbocycles. The molecule has 1 amide bonds. The fourth-order valence-electron chi connectivity index (χ4n) is 1.75. The fourth-order valence-corrected chi connectivity index (χ4v) is 1.92. The van der Waals surface area contributed by atoms with E-state index in [9.17, 15) is 14.0 Å². The van der Waals surface area contributed by atoms with Crippen LogP contribution in [-0.4, -0.2) is 35.4 Å². The van der Waals surface area contributed by atoms with Gasteiger partial charge in [-0.05, 0) is 23.8 Å². The van der Waals surface area contributed by atoms with Crippen molar-refractivity contribution in [2.45, 2.75) is 6.54 Å². The average molecular weight is 325 g/mol. The van der Waals surface area contributed by atoms with Crippen LogP contribution in [0.2, 0.25) is 5.02 Å². The monoisotopic (exact) mass is 324 g/mol. The molecule has 0 saturated carbocycles. The van der Waals surface area contributed by atoms with Crippen molar-refractivity contribution in [3.8, 4) is 0 Å². The number of amides is 1. The van der Waals surface area contributed by atoms with Crippen molar-refractivity contribution < 1.29 is 18.7 Å². The van der Waals surface area contributed by atoms with Gasteiger partial charge >= 0.3 is 5.97 Å². The maximum absolute atomic E-state index is 12.8. The molecule has 0 bridgehead atoms. The number of hydrogen-bond acceptors (Lipinski definition) is 3. The molecule has 116 valence electrons. The lowest BCUT2D eigenvalue weighted by Gasteiger charge is -2.17. The summed E-state index contributed by atoms with van der Waals surface area (Å²) >= 11 is 5.68. The molecule has 0 unspecified atom stereocenters. The summed E-state index contributed by atoms with van der Waals surface area (Å²) in [7, 11) is 1.57. The Hall–Kier alpha value is -2.34. The van der Waals surface area contributed by atoms with Gasteiger partial charge in [0.1, 0.15) is 11.5 Å². The number of likely N-dealkylation sites (N-methyl/N-ethyl adjacent to an activating group) is 1. The zero-order valence-corrected chi connectivity index (χ0v) is 12.6. The first kappa shape index (κ1) is 16.0. The van der Waals surface area contributed by atoms with E-state index in [0.717, 1.165) is 5.56 Å². The lowest BCUT2D eigenvalue weighted by Crippen LogP contribution is -2.30. The molecule has 2 rings (SSSR count). The third kappa shape index (κ3) is 4.33. The number of aromatic amines is 1. The van der Waals surface area contributed by atoms with Crippen molar-refractivity contribution in [2.75, 3.05) is 13.7 Å². The van der Waals surface area contributed by atoms with E-state index in [1.165, 1.54) is 29.3 Å². The minimum Gasteiger partial charge on any atom is -0.451 e. The normalized spacial score (nSPS) is 10.3. The maximum atomic E-state index is 12.8. The van der Waals surface area contributed by atoms with E-state index in [1.807, 2.05) is 0 Å². The predicted octanol–water partition coefficient (Wildman–Crippen LogP) is 2.62. The molecule has 1 aromatic heterocycles. The second-order valence-corrected chi connectivity index (χ2v) is 5.12. The smallest absolute Gasteiger partial charge is 0.355 e. The zero-order chi connectivity index (χ0) is 16.1. The molecule has 0 aliphatic carbocycles. The topological polar surface area (TPSA) is 62.4 Å². The van der Waals surface area contributed by atoms with E-state index in [1.54, 1.807) is 19.2 Å². The molecular formula is C15H14ClFN2O3. The third-order valence-electron chi connectivity index (χ3n) is 2.95. The van der Waals surface area contributed by atoms with Crippen molar-refractivity contribution in [2.24, 2.45) is 0 Å². The van der Waals surface area contributed by atoms with Gasteiger partial charge in [-0.15, -0.1) is 0 Å². The van der Waals surface area contributed by atoms with Gasteiger partial charge in [0.15, 0.2) is 6.61 Å². The number of nitrogens with one attached hydrogen (secondary N) is 1. The van der Waals surface area contributed by atoms with Crippen LogP contribution >= 0.6 is 11.6 Å². The number of aromatic nitrogens is 1. The Labute approximate surface area is 131 Å². The van der Waals surface area contributed by atoms with Crippen LogP contribution in [0.25, 0.3) is 0 Å². The molecular weight excluding hydrogens is 311 g/mol. The summed E-state index contributed by atoms with van der Waals surface area (Å²) in [6.07, 6.45) is 1.45. The molecule has 7 heteroatoms. The second kappa shape index (κ2) is 7.09. The first-order chi connectivity index (χ1) is 10.5. The van der Waals surface area contributed by atoms with Crippen LogP contribution in [-0.2, 0) is 16.1 Å². The third-order valence-corrected chi connectivity index (χ3v) is 3.17. The van der Waals surface area contributed by atoms with Gasteiger partial charge < -0.3 is 14.6 Å². The first-order valence-electron chi connectivity index (χ1n) is 6.45. The van der Waals surface area contributed by atoms with Gasteiger partial charge in [0.25, 0.3) is 5.91 Å². The van der Waals surface area contributed by atoms with Gasteiger partial charge in [0.05, 0.1) is 5.02 Å². The minimum absolute atomic E-state index is 0.180. The Kier molecular flexibility index (Phi) is 5.16. The highest BCUT2D eigenvalue weighted by Gasteiger charge is 2.15. The van der Waals surface area contributed by atoms with Crippen LogP contribution in [0.3, 0.4) is 0 Å². The SMILES string of the molecule is CN(Cc1ccc(F)cc1)C(=O)COC(=O)c1cc(Cl)c[nH]1. The maximum Gasteiger partial charge on any atom is 0.355 e. The van der Waals surface area contributed by atoms with Crippen molar-refractivity contribution >= 4 is 23.5 Å². The summed E-state index contributed by atoms with van der Waals surface area (Å²) in [5.74, 6) is -1.36. The van der Waals surface area contributed by atoms with Crippen molar-refractivity contribution in [1.82, 2.24) is 9.88 Å². The molecule has 2 aromatic rings. The van der Waals surface area contributed by atoms with Crippen LogP contribution in [0.1, 0.15) is 16.1 Å².